The van der Waals surface area contributed by atoms with Crippen LogP contribution in [0.25, 0.3) is 0 Å². The van der Waals surface area contributed by atoms with Gasteiger partial charge in [0.1, 0.15) is 5.69 Å². The molecule has 1 aromatic heterocycles. The van der Waals surface area contributed by atoms with Crippen LogP contribution in [0.4, 0.5) is 0 Å². The van der Waals surface area contributed by atoms with E-state index in [-0.39, 0.29) is 12.1 Å². The van der Waals surface area contributed by atoms with Gasteiger partial charge in [-0.3, -0.25) is 0 Å². The average molecular weight is 316 g/mol. The topological polar surface area (TPSA) is 73.3 Å². The number of hydrogen-bond acceptors (Lipinski definition) is 5. The highest BCUT2D eigenvalue weighted by molar-refractivity contribution is 9.09. The van der Waals surface area contributed by atoms with Gasteiger partial charge in [0.15, 0.2) is 0 Å². The second kappa shape index (κ2) is 9.50. The Bertz CT molecular complexity index is 428. The van der Waals surface area contributed by atoms with Crippen molar-refractivity contribution in [2.24, 2.45) is 0 Å². The molecule has 0 amide bonds. The van der Waals surface area contributed by atoms with E-state index in [4.69, 9.17) is 9.59 Å². The van der Waals surface area contributed by atoms with Crippen molar-refractivity contribution >= 4 is 28.1 Å². The van der Waals surface area contributed by atoms with E-state index in [9.17, 15) is 4.79 Å². The minimum atomic E-state index is -0.376. The first-order valence-corrected chi connectivity index (χ1v) is 6.32. The van der Waals surface area contributed by atoms with Gasteiger partial charge in [-0.1, -0.05) is 15.9 Å². The number of carbonyl (C=O) groups excluding carboxylic acids is 3. The minimum Gasteiger partial charge on any atom is -0.464 e. The van der Waals surface area contributed by atoms with Crippen LogP contribution in [-0.4, -0.2) is 29.5 Å². The monoisotopic (exact) mass is 315 g/mol. The summed E-state index contributed by atoms with van der Waals surface area (Å²) in [5.41, 5.74) is 2.37. The molecule has 0 aromatic carbocycles. The summed E-state index contributed by atoms with van der Waals surface area (Å²) in [6, 6.07) is 3.79. The molecule has 0 aliphatic rings. The predicted molar refractivity (Wildman–Crippen MR) is 67.4 cm³/mol. The maximum absolute atomic E-state index is 11.3. The Kier molecular flexibility index (Phi) is 8.70. The van der Waals surface area contributed by atoms with E-state index in [1.54, 1.807) is 6.07 Å². The van der Waals surface area contributed by atoms with Crippen molar-refractivity contribution in [3.63, 3.8) is 0 Å². The van der Waals surface area contributed by atoms with E-state index in [1.165, 1.54) is 7.11 Å². The van der Waals surface area contributed by atoms with Crippen molar-refractivity contribution in [2.75, 3.05) is 12.4 Å². The number of hydrogen-bond donors (Lipinski definition) is 0. The zero-order chi connectivity index (χ0) is 14.0. The summed E-state index contributed by atoms with van der Waals surface area (Å²) in [5, 5.41) is 0.960. The number of ether oxygens (including phenoxy) is 1. The van der Waals surface area contributed by atoms with Crippen molar-refractivity contribution in [3.05, 3.63) is 29.1 Å². The summed E-state index contributed by atoms with van der Waals surface area (Å²) in [4.78, 5) is 31.7. The Morgan fingerprint density at radius 1 is 1.44 bits per heavy atom. The van der Waals surface area contributed by atoms with E-state index in [0.29, 0.717) is 5.69 Å². The van der Waals surface area contributed by atoms with E-state index >= 15 is 0 Å². The summed E-state index contributed by atoms with van der Waals surface area (Å²) >= 11 is 3.38. The molecule has 0 unspecified atom stereocenters. The smallest absolute Gasteiger partial charge is 0.373 e. The van der Waals surface area contributed by atoms with Gasteiger partial charge >= 0.3 is 12.1 Å². The molecule has 0 atom stereocenters. The molecule has 0 aliphatic heterocycles. The average Bonchev–Trinajstić information content (AvgIpc) is 2.35. The van der Waals surface area contributed by atoms with Crippen molar-refractivity contribution in [3.8, 4) is 0 Å². The molecule has 0 spiro atoms. The van der Waals surface area contributed by atoms with E-state index in [2.05, 4.69) is 25.7 Å². The minimum absolute atomic E-state index is 0.250. The zero-order valence-corrected chi connectivity index (χ0v) is 11.8. The molecule has 1 heterocycles. The highest BCUT2D eigenvalue weighted by atomic mass is 79.9. The fourth-order valence-electron chi connectivity index (χ4n) is 1.36. The van der Waals surface area contributed by atoms with Crippen LogP contribution in [0, 0.1) is 6.92 Å². The first-order valence-electron chi connectivity index (χ1n) is 5.20. The lowest BCUT2D eigenvalue weighted by atomic mass is 10.1. The predicted octanol–water partition coefficient (Wildman–Crippen LogP) is 1.92. The summed E-state index contributed by atoms with van der Waals surface area (Å²) < 4.78 is 4.64. The van der Waals surface area contributed by atoms with E-state index in [0.717, 1.165) is 29.4 Å². The molecule has 1 rings (SSSR count). The van der Waals surface area contributed by atoms with Gasteiger partial charge in [0.25, 0.3) is 0 Å². The first kappa shape index (κ1) is 16.5. The Morgan fingerprint density at radius 2 is 2.06 bits per heavy atom. The largest absolute Gasteiger partial charge is 0.464 e. The van der Waals surface area contributed by atoms with Crippen molar-refractivity contribution in [1.29, 1.82) is 0 Å². The number of methoxy groups -OCH3 is 1. The molecule has 18 heavy (non-hydrogen) atoms. The summed E-state index contributed by atoms with van der Waals surface area (Å²) in [5.74, 6) is -0.376. The molecule has 0 fully saturated rings. The van der Waals surface area contributed by atoms with Crippen molar-refractivity contribution in [2.45, 2.75) is 19.8 Å². The summed E-state index contributed by atoms with van der Waals surface area (Å²) in [6.07, 6.45) is 2.24. The molecule has 0 aliphatic carbocycles. The fraction of sp³-hybridized carbons (Fsp3) is 0.417. The quantitative estimate of drug-likeness (QED) is 0.627. The molecular formula is C12H14BrNO4. The Balaban J connectivity index is 0.000000873. The van der Waals surface area contributed by atoms with Crippen LogP contribution in [0.1, 0.15) is 28.2 Å². The molecule has 0 saturated carbocycles. The van der Waals surface area contributed by atoms with Gasteiger partial charge in [-0.05, 0) is 37.5 Å². The van der Waals surface area contributed by atoms with Gasteiger partial charge in [0.05, 0.1) is 7.11 Å². The molecule has 0 radical (unpaired) electrons. The number of carbonyl (C=O) groups is 1. The third kappa shape index (κ3) is 6.27. The van der Waals surface area contributed by atoms with Gasteiger partial charge < -0.3 is 4.74 Å². The van der Waals surface area contributed by atoms with Crippen LogP contribution in [0.3, 0.4) is 0 Å². The molecule has 1 aromatic rings. The molecule has 6 heteroatoms. The molecule has 5 nitrogen and oxygen atoms in total. The Hall–Kier alpha value is -1.52. The number of alkyl halides is 1. The van der Waals surface area contributed by atoms with Crippen LogP contribution in [0.5, 0.6) is 0 Å². The number of esters is 1. The number of rotatable bonds is 4. The lowest BCUT2D eigenvalue weighted by Gasteiger charge is -2.04. The summed E-state index contributed by atoms with van der Waals surface area (Å²) in [6.45, 7) is 1.88. The fourth-order valence-corrected chi connectivity index (χ4v) is 1.64. The van der Waals surface area contributed by atoms with E-state index < -0.39 is 0 Å². The van der Waals surface area contributed by atoms with Gasteiger partial charge in [-0.25, -0.2) is 9.78 Å². The number of pyridine rings is 1. The SMILES string of the molecule is COC(=O)c1cc(CCCBr)cc(C)n1.O=C=O. The van der Waals surface area contributed by atoms with Crippen molar-refractivity contribution < 1.29 is 19.1 Å². The number of halogens is 1. The van der Waals surface area contributed by atoms with Crippen molar-refractivity contribution in [1.82, 2.24) is 4.98 Å². The number of aromatic nitrogens is 1. The molecule has 0 bridgehead atoms. The normalized spacial score (nSPS) is 8.83. The van der Waals surface area contributed by atoms with Crippen LogP contribution < -0.4 is 0 Å². The maximum Gasteiger partial charge on any atom is 0.373 e. The second-order valence-electron chi connectivity index (χ2n) is 3.37. The third-order valence-corrected chi connectivity index (χ3v) is 2.57. The molecule has 0 N–H and O–H groups in total. The molecule has 98 valence electrons. The lowest BCUT2D eigenvalue weighted by molar-refractivity contribution is -0.191. The van der Waals surface area contributed by atoms with Gasteiger partial charge in [-0.2, -0.15) is 9.59 Å². The molecular weight excluding hydrogens is 302 g/mol. The maximum atomic E-state index is 11.3. The van der Waals surface area contributed by atoms with Crippen LogP contribution in [0.2, 0.25) is 0 Å². The van der Waals surface area contributed by atoms with Gasteiger partial charge in [-0.15, -0.1) is 0 Å². The standard InChI is InChI=1S/C11H14BrNO2.CO2/c1-8-6-9(4-3-5-12)7-10(13-8)11(14)15-2;2-1-3/h6-7H,3-5H2,1-2H3;. The van der Waals surface area contributed by atoms with Gasteiger partial charge in [0, 0.05) is 11.0 Å². The second-order valence-corrected chi connectivity index (χ2v) is 4.16. The zero-order valence-electron chi connectivity index (χ0n) is 10.2. The third-order valence-electron chi connectivity index (χ3n) is 2.01. The van der Waals surface area contributed by atoms with E-state index in [1.807, 2.05) is 13.0 Å². The highest BCUT2D eigenvalue weighted by Gasteiger charge is 2.08. The summed E-state index contributed by atoms with van der Waals surface area (Å²) in [7, 11) is 1.37. The Morgan fingerprint density at radius 3 is 2.56 bits per heavy atom. The Labute approximate surface area is 114 Å². The van der Waals surface area contributed by atoms with Crippen LogP contribution in [0.15, 0.2) is 12.1 Å². The molecule has 0 saturated heterocycles. The van der Waals surface area contributed by atoms with Crippen LogP contribution in [-0.2, 0) is 20.7 Å². The number of aryl methyl sites for hydroxylation is 2. The first-order chi connectivity index (χ1) is 8.58. The van der Waals surface area contributed by atoms with Crippen LogP contribution >= 0.6 is 15.9 Å². The number of nitrogens with zero attached hydrogens (tertiary/aromatic N) is 1. The highest BCUT2D eigenvalue weighted by Crippen LogP contribution is 2.09. The lowest BCUT2D eigenvalue weighted by Crippen LogP contribution is -2.06. The van der Waals surface area contributed by atoms with Gasteiger partial charge in [0.2, 0.25) is 0 Å².